The van der Waals surface area contributed by atoms with E-state index in [9.17, 15) is 9.59 Å². The first-order valence-corrected chi connectivity index (χ1v) is 13.0. The van der Waals surface area contributed by atoms with E-state index in [1.54, 1.807) is 11.0 Å². The van der Waals surface area contributed by atoms with Gasteiger partial charge >= 0.3 is 0 Å². The summed E-state index contributed by atoms with van der Waals surface area (Å²) in [6.45, 7) is 9.06. The lowest BCUT2D eigenvalue weighted by molar-refractivity contribution is 0.0714. The van der Waals surface area contributed by atoms with Crippen molar-refractivity contribution in [3.8, 4) is 5.75 Å². The number of rotatable bonds is 7. The summed E-state index contributed by atoms with van der Waals surface area (Å²) in [7, 11) is 0. The second kappa shape index (κ2) is 10.1. The van der Waals surface area contributed by atoms with Crippen molar-refractivity contribution in [1.82, 2.24) is 4.90 Å². The van der Waals surface area contributed by atoms with Crippen LogP contribution in [0.4, 0.5) is 0 Å². The predicted octanol–water partition coefficient (Wildman–Crippen LogP) is 7.23. The van der Waals surface area contributed by atoms with Gasteiger partial charge in [0.15, 0.2) is 5.43 Å². The lowest BCUT2D eigenvalue weighted by atomic mass is 9.97. The smallest absolute Gasteiger partial charge is 0.291 e. The van der Waals surface area contributed by atoms with Crippen molar-refractivity contribution in [3.63, 3.8) is 0 Å². The molecule has 190 valence electrons. The molecule has 37 heavy (non-hydrogen) atoms. The molecule has 0 spiro atoms. The number of fused-ring (bicyclic) bond motifs is 2. The van der Waals surface area contributed by atoms with Crippen LogP contribution in [0.5, 0.6) is 5.75 Å². The molecule has 5 rings (SSSR count). The molecule has 0 bridgehead atoms. The molecule has 1 aliphatic heterocycles. The average Bonchev–Trinajstić information content (AvgIpc) is 3.13. The first-order valence-electron chi connectivity index (χ1n) is 12.6. The van der Waals surface area contributed by atoms with E-state index in [-0.39, 0.29) is 23.6 Å². The number of carbonyl (C=O) groups is 1. The van der Waals surface area contributed by atoms with Crippen molar-refractivity contribution in [2.75, 3.05) is 6.61 Å². The van der Waals surface area contributed by atoms with Crippen LogP contribution in [-0.2, 0) is 6.54 Å². The van der Waals surface area contributed by atoms with Crippen LogP contribution in [0.2, 0.25) is 5.02 Å². The molecule has 3 aromatic carbocycles. The maximum Gasteiger partial charge on any atom is 0.291 e. The molecule has 1 unspecified atom stereocenters. The lowest BCUT2D eigenvalue weighted by Crippen LogP contribution is -2.29. The van der Waals surface area contributed by atoms with Crippen molar-refractivity contribution in [2.24, 2.45) is 5.92 Å². The summed E-state index contributed by atoms with van der Waals surface area (Å²) in [5, 5.41) is 1.04. The fraction of sp³-hybridized carbons (Fsp3) is 0.290. The summed E-state index contributed by atoms with van der Waals surface area (Å²) in [6.07, 6.45) is 0.932. The molecule has 1 aromatic heterocycles. The summed E-state index contributed by atoms with van der Waals surface area (Å²) in [4.78, 5) is 29.4. The quantitative estimate of drug-likeness (QED) is 0.260. The molecule has 1 aliphatic rings. The Bertz CT molecular complexity index is 1560. The second-order valence-corrected chi connectivity index (χ2v) is 10.5. The molecule has 0 fully saturated rings. The maximum absolute atomic E-state index is 13.9. The molecular formula is C31H30ClNO4. The molecule has 0 aliphatic carbocycles. The zero-order chi connectivity index (χ0) is 26.3. The summed E-state index contributed by atoms with van der Waals surface area (Å²) in [6, 6.07) is 18.1. The van der Waals surface area contributed by atoms with Crippen molar-refractivity contribution in [2.45, 2.75) is 46.7 Å². The summed E-state index contributed by atoms with van der Waals surface area (Å²) < 4.78 is 12.2. The summed E-state index contributed by atoms with van der Waals surface area (Å²) in [5.74, 6) is 0.985. The molecule has 1 amide bonds. The van der Waals surface area contributed by atoms with Gasteiger partial charge in [-0.1, -0.05) is 55.8 Å². The van der Waals surface area contributed by atoms with Gasteiger partial charge in [0.1, 0.15) is 11.3 Å². The van der Waals surface area contributed by atoms with Gasteiger partial charge in [-0.25, -0.2) is 0 Å². The number of nitrogens with zero attached hydrogens (tertiary/aromatic N) is 1. The third-order valence-corrected chi connectivity index (χ3v) is 7.39. The SMILES string of the molecule is Cc1cc2oc3c(c(=O)c2cc1C)C(c1cccc(OCCC(C)C)c1)N(Cc1ccccc1Cl)C3=O. The fourth-order valence-corrected chi connectivity index (χ4v) is 4.98. The first-order chi connectivity index (χ1) is 17.7. The Labute approximate surface area is 221 Å². The lowest BCUT2D eigenvalue weighted by Gasteiger charge is -2.26. The standard InChI is InChI=1S/C31H30ClNO4/c1-18(2)12-13-36-23-10-7-9-21(16-23)28-27-29(34)24-14-19(3)20(4)15-26(24)37-30(27)31(35)33(28)17-22-8-5-6-11-25(22)32/h5-11,14-16,18,28H,12-13,17H2,1-4H3. The molecule has 0 radical (unpaired) electrons. The van der Waals surface area contributed by atoms with Crippen molar-refractivity contribution < 1.29 is 13.9 Å². The monoisotopic (exact) mass is 515 g/mol. The Morgan fingerprint density at radius 3 is 2.51 bits per heavy atom. The van der Waals surface area contributed by atoms with Crippen LogP contribution in [0.15, 0.2) is 69.9 Å². The topological polar surface area (TPSA) is 59.8 Å². The van der Waals surface area contributed by atoms with E-state index in [1.807, 2.05) is 68.4 Å². The van der Waals surface area contributed by atoms with E-state index in [4.69, 9.17) is 20.8 Å². The number of hydrogen-bond acceptors (Lipinski definition) is 4. The zero-order valence-corrected chi connectivity index (χ0v) is 22.3. The maximum atomic E-state index is 13.9. The Morgan fingerprint density at radius 1 is 1.00 bits per heavy atom. The molecule has 5 nitrogen and oxygen atoms in total. The van der Waals surface area contributed by atoms with Gasteiger partial charge in [0.2, 0.25) is 5.76 Å². The minimum atomic E-state index is -0.630. The number of halogens is 1. The van der Waals surface area contributed by atoms with Gasteiger partial charge in [0.05, 0.1) is 23.6 Å². The van der Waals surface area contributed by atoms with Crippen LogP contribution in [0.3, 0.4) is 0 Å². The van der Waals surface area contributed by atoms with E-state index >= 15 is 0 Å². The van der Waals surface area contributed by atoms with E-state index in [0.29, 0.717) is 39.8 Å². The van der Waals surface area contributed by atoms with Crippen LogP contribution < -0.4 is 10.2 Å². The molecular weight excluding hydrogens is 486 g/mol. The van der Waals surface area contributed by atoms with Crippen LogP contribution in [-0.4, -0.2) is 17.4 Å². The number of carbonyl (C=O) groups excluding carboxylic acids is 1. The summed E-state index contributed by atoms with van der Waals surface area (Å²) >= 11 is 6.47. The minimum absolute atomic E-state index is 0.0870. The Kier molecular flexibility index (Phi) is 6.82. The van der Waals surface area contributed by atoms with E-state index in [2.05, 4.69) is 13.8 Å². The van der Waals surface area contributed by atoms with Crippen LogP contribution in [0, 0.1) is 19.8 Å². The van der Waals surface area contributed by atoms with Crippen LogP contribution in [0.1, 0.15) is 64.7 Å². The Morgan fingerprint density at radius 2 is 1.76 bits per heavy atom. The highest BCUT2D eigenvalue weighted by molar-refractivity contribution is 6.31. The number of benzene rings is 3. The van der Waals surface area contributed by atoms with Crippen molar-refractivity contribution >= 4 is 28.5 Å². The first kappa shape index (κ1) is 25.1. The molecule has 0 saturated carbocycles. The Hall–Kier alpha value is -3.57. The second-order valence-electron chi connectivity index (χ2n) is 10.1. The predicted molar refractivity (Wildman–Crippen MR) is 147 cm³/mol. The third kappa shape index (κ3) is 4.76. The number of hydrogen-bond donors (Lipinski definition) is 0. The fourth-order valence-electron chi connectivity index (χ4n) is 4.78. The molecule has 1 atom stereocenters. The Balaban J connectivity index is 1.66. The number of ether oxygens (including phenoxy) is 1. The third-order valence-electron chi connectivity index (χ3n) is 7.02. The van der Waals surface area contributed by atoms with Gasteiger partial charge in [-0.3, -0.25) is 9.59 Å². The van der Waals surface area contributed by atoms with Gasteiger partial charge < -0.3 is 14.1 Å². The molecule has 0 saturated heterocycles. The highest BCUT2D eigenvalue weighted by Crippen LogP contribution is 2.40. The van der Waals surface area contributed by atoms with Gasteiger partial charge in [-0.05, 0) is 78.8 Å². The van der Waals surface area contributed by atoms with Gasteiger partial charge in [0.25, 0.3) is 5.91 Å². The molecule has 0 N–H and O–H groups in total. The van der Waals surface area contributed by atoms with Crippen LogP contribution >= 0.6 is 11.6 Å². The van der Waals surface area contributed by atoms with Crippen molar-refractivity contribution in [1.29, 1.82) is 0 Å². The van der Waals surface area contributed by atoms with Gasteiger partial charge in [0, 0.05) is 11.6 Å². The van der Waals surface area contributed by atoms with E-state index in [1.165, 1.54) is 0 Å². The van der Waals surface area contributed by atoms with E-state index in [0.717, 1.165) is 28.7 Å². The van der Waals surface area contributed by atoms with Gasteiger partial charge in [-0.2, -0.15) is 0 Å². The highest BCUT2D eigenvalue weighted by atomic mass is 35.5. The normalized spacial score (nSPS) is 15.0. The average molecular weight is 516 g/mol. The molecule has 4 aromatic rings. The number of amides is 1. The zero-order valence-electron chi connectivity index (χ0n) is 21.5. The van der Waals surface area contributed by atoms with Gasteiger partial charge in [-0.15, -0.1) is 0 Å². The minimum Gasteiger partial charge on any atom is -0.494 e. The van der Waals surface area contributed by atoms with Crippen molar-refractivity contribution in [3.05, 3.63) is 109 Å². The van der Waals surface area contributed by atoms with Crippen LogP contribution in [0.25, 0.3) is 11.0 Å². The largest absolute Gasteiger partial charge is 0.494 e. The highest BCUT2D eigenvalue weighted by Gasteiger charge is 2.43. The van der Waals surface area contributed by atoms with E-state index < -0.39 is 6.04 Å². The molecule has 2 heterocycles. The molecule has 6 heteroatoms. The summed E-state index contributed by atoms with van der Waals surface area (Å²) in [5.41, 5.74) is 4.16. The number of aryl methyl sites for hydroxylation is 2.